The fourth-order valence-corrected chi connectivity index (χ4v) is 3.99. The summed E-state index contributed by atoms with van der Waals surface area (Å²) in [5, 5.41) is 11.5. The Morgan fingerprint density at radius 3 is 2.40 bits per heavy atom. The average molecular weight is 295 g/mol. The molecule has 5 heteroatoms. The molecule has 1 saturated carbocycles. The number of hydrogen-bond donors (Lipinski definition) is 1. The summed E-state index contributed by atoms with van der Waals surface area (Å²) in [7, 11) is 0. The van der Waals surface area contributed by atoms with E-state index in [1.54, 1.807) is 11.3 Å². The number of rotatable bonds is 4. The van der Waals surface area contributed by atoms with Crippen LogP contribution in [0.4, 0.5) is 5.13 Å². The Balaban J connectivity index is 1.80. The normalized spacial score (nSPS) is 21.5. The van der Waals surface area contributed by atoms with Crippen molar-refractivity contribution in [2.24, 2.45) is 0 Å². The predicted molar refractivity (Wildman–Crippen MR) is 83.7 cm³/mol. The Labute approximate surface area is 125 Å². The van der Waals surface area contributed by atoms with Crippen LogP contribution in [-0.4, -0.2) is 47.7 Å². The summed E-state index contributed by atoms with van der Waals surface area (Å²) in [6.07, 6.45) is 2.46. The molecule has 0 atom stereocenters. The molecule has 2 aliphatic rings. The predicted octanol–water partition coefficient (Wildman–Crippen LogP) is 2.39. The van der Waals surface area contributed by atoms with Gasteiger partial charge in [0.25, 0.3) is 0 Å². The Bertz CT molecular complexity index is 468. The Hall–Kier alpha value is -0.650. The molecule has 4 nitrogen and oxygen atoms in total. The van der Waals surface area contributed by atoms with Crippen LogP contribution >= 0.6 is 11.3 Å². The summed E-state index contributed by atoms with van der Waals surface area (Å²) in [5.74, 6) is 0.596. The topological polar surface area (TPSA) is 39.6 Å². The van der Waals surface area contributed by atoms with E-state index < -0.39 is 5.60 Å². The molecule has 2 heterocycles. The maximum absolute atomic E-state index is 10.4. The minimum atomic E-state index is -0.765. The van der Waals surface area contributed by atoms with Crippen LogP contribution in [0.3, 0.4) is 0 Å². The molecule has 1 aromatic heterocycles. The third-order valence-electron chi connectivity index (χ3n) is 4.25. The van der Waals surface area contributed by atoms with E-state index in [9.17, 15) is 5.11 Å². The quantitative estimate of drug-likeness (QED) is 0.926. The Kier molecular flexibility index (Phi) is 3.77. The van der Waals surface area contributed by atoms with Crippen LogP contribution in [-0.2, 0) is 5.60 Å². The van der Waals surface area contributed by atoms with Crippen molar-refractivity contribution >= 4 is 16.5 Å². The van der Waals surface area contributed by atoms with E-state index in [1.807, 2.05) is 13.8 Å². The molecule has 0 amide bonds. The number of likely N-dealkylation sites (N-methyl/N-ethyl adjacent to an activating group) is 1. The van der Waals surface area contributed by atoms with Gasteiger partial charge in [-0.15, -0.1) is 0 Å². The van der Waals surface area contributed by atoms with Crippen molar-refractivity contribution in [2.45, 2.75) is 45.1 Å². The lowest BCUT2D eigenvalue weighted by atomic mass is 10.0. The molecule has 0 unspecified atom stereocenters. The van der Waals surface area contributed by atoms with E-state index >= 15 is 0 Å². The second kappa shape index (κ2) is 5.28. The van der Waals surface area contributed by atoms with E-state index in [1.165, 1.54) is 12.8 Å². The van der Waals surface area contributed by atoms with Gasteiger partial charge in [0.15, 0.2) is 5.13 Å². The van der Waals surface area contributed by atoms with Gasteiger partial charge in [-0.25, -0.2) is 4.98 Å². The van der Waals surface area contributed by atoms with Crippen LogP contribution in [0.5, 0.6) is 0 Å². The molecule has 1 aliphatic heterocycles. The minimum Gasteiger partial charge on any atom is -0.385 e. The number of aromatic nitrogens is 1. The van der Waals surface area contributed by atoms with E-state index in [4.69, 9.17) is 4.98 Å². The zero-order valence-electron chi connectivity index (χ0n) is 12.7. The first-order valence-electron chi connectivity index (χ1n) is 7.70. The number of anilines is 1. The monoisotopic (exact) mass is 295 g/mol. The second-order valence-corrected chi connectivity index (χ2v) is 7.44. The highest BCUT2D eigenvalue weighted by molar-refractivity contribution is 7.15. The summed E-state index contributed by atoms with van der Waals surface area (Å²) in [6.45, 7) is 11.5. The Morgan fingerprint density at radius 2 is 1.90 bits per heavy atom. The molecule has 3 rings (SSSR count). The molecule has 1 N–H and O–H groups in total. The average Bonchev–Trinajstić information content (AvgIpc) is 3.16. The van der Waals surface area contributed by atoms with E-state index in [0.29, 0.717) is 5.92 Å². The van der Waals surface area contributed by atoms with E-state index in [-0.39, 0.29) is 0 Å². The molecule has 112 valence electrons. The largest absolute Gasteiger partial charge is 0.385 e. The van der Waals surface area contributed by atoms with Crippen LogP contribution in [0.15, 0.2) is 0 Å². The highest BCUT2D eigenvalue weighted by atomic mass is 32.1. The first-order valence-corrected chi connectivity index (χ1v) is 8.51. The summed E-state index contributed by atoms with van der Waals surface area (Å²) in [6, 6.07) is 0. The summed E-state index contributed by atoms with van der Waals surface area (Å²) in [5.41, 5.74) is 0.398. The van der Waals surface area contributed by atoms with Gasteiger partial charge in [-0.3, -0.25) is 0 Å². The zero-order valence-corrected chi connectivity index (χ0v) is 13.5. The molecule has 0 bridgehead atoms. The molecule has 0 radical (unpaired) electrons. The highest BCUT2D eigenvalue weighted by Gasteiger charge is 2.35. The number of piperazine rings is 1. The molecule has 0 spiro atoms. The summed E-state index contributed by atoms with van der Waals surface area (Å²) < 4.78 is 0. The van der Waals surface area contributed by atoms with Gasteiger partial charge in [0.2, 0.25) is 0 Å². The molecule has 20 heavy (non-hydrogen) atoms. The SMILES string of the molecule is CCN1CCN(c2nc(C3CC3)c(C(C)(C)O)s2)CC1. The lowest BCUT2D eigenvalue weighted by molar-refractivity contribution is 0.0813. The smallest absolute Gasteiger partial charge is 0.185 e. The van der Waals surface area contributed by atoms with Crippen LogP contribution in [0.2, 0.25) is 0 Å². The van der Waals surface area contributed by atoms with Gasteiger partial charge in [0.1, 0.15) is 0 Å². The van der Waals surface area contributed by atoms with E-state index in [0.717, 1.165) is 48.4 Å². The fourth-order valence-electron chi connectivity index (χ4n) is 2.78. The van der Waals surface area contributed by atoms with Crippen LogP contribution in [0, 0.1) is 0 Å². The summed E-state index contributed by atoms with van der Waals surface area (Å²) in [4.78, 5) is 10.8. The molecule has 1 aromatic rings. The van der Waals surface area contributed by atoms with Gasteiger partial charge in [-0.2, -0.15) is 0 Å². The van der Waals surface area contributed by atoms with Gasteiger partial charge in [0, 0.05) is 32.1 Å². The molecular formula is C15H25N3OS. The van der Waals surface area contributed by atoms with Crippen LogP contribution < -0.4 is 4.90 Å². The zero-order chi connectivity index (χ0) is 14.3. The lowest BCUT2D eigenvalue weighted by Gasteiger charge is -2.33. The maximum Gasteiger partial charge on any atom is 0.185 e. The third kappa shape index (κ3) is 2.85. The van der Waals surface area contributed by atoms with E-state index in [2.05, 4.69) is 16.7 Å². The van der Waals surface area contributed by atoms with Crippen molar-refractivity contribution in [2.75, 3.05) is 37.6 Å². The Morgan fingerprint density at radius 1 is 1.25 bits per heavy atom. The minimum absolute atomic E-state index is 0.596. The molecule has 2 fully saturated rings. The molecule has 0 aromatic carbocycles. The van der Waals surface area contributed by atoms with Crippen molar-refractivity contribution in [3.8, 4) is 0 Å². The number of nitrogens with zero attached hydrogens (tertiary/aromatic N) is 3. The van der Waals surface area contributed by atoms with Crippen LogP contribution in [0.25, 0.3) is 0 Å². The van der Waals surface area contributed by atoms with Crippen molar-refractivity contribution in [3.05, 3.63) is 10.6 Å². The number of aliphatic hydroxyl groups is 1. The lowest BCUT2D eigenvalue weighted by Crippen LogP contribution is -2.46. The van der Waals surface area contributed by atoms with Crippen molar-refractivity contribution in [1.29, 1.82) is 0 Å². The van der Waals surface area contributed by atoms with Crippen molar-refractivity contribution in [3.63, 3.8) is 0 Å². The first kappa shape index (κ1) is 14.3. The van der Waals surface area contributed by atoms with Gasteiger partial charge >= 0.3 is 0 Å². The second-order valence-electron chi connectivity index (χ2n) is 6.47. The first-order chi connectivity index (χ1) is 9.49. The van der Waals surface area contributed by atoms with Gasteiger partial charge in [-0.05, 0) is 33.2 Å². The van der Waals surface area contributed by atoms with Crippen molar-refractivity contribution in [1.82, 2.24) is 9.88 Å². The van der Waals surface area contributed by atoms with Crippen molar-refractivity contribution < 1.29 is 5.11 Å². The molecule has 1 aliphatic carbocycles. The number of hydrogen-bond acceptors (Lipinski definition) is 5. The van der Waals surface area contributed by atoms with Gasteiger partial charge in [-0.1, -0.05) is 18.3 Å². The fraction of sp³-hybridized carbons (Fsp3) is 0.800. The van der Waals surface area contributed by atoms with Crippen LogP contribution in [0.1, 0.15) is 50.1 Å². The molecular weight excluding hydrogens is 270 g/mol. The highest BCUT2D eigenvalue weighted by Crippen LogP contribution is 2.47. The van der Waals surface area contributed by atoms with Gasteiger partial charge in [0.05, 0.1) is 16.2 Å². The van der Waals surface area contributed by atoms with Gasteiger partial charge < -0.3 is 14.9 Å². The standard InChI is InChI=1S/C15H25N3OS/c1-4-17-7-9-18(10-8-17)14-16-12(11-5-6-11)13(20-14)15(2,3)19/h11,19H,4-10H2,1-3H3. The molecule has 1 saturated heterocycles. The third-order valence-corrected chi connectivity index (χ3v) is 5.70. The maximum atomic E-state index is 10.4. The summed E-state index contributed by atoms with van der Waals surface area (Å²) >= 11 is 1.70. The number of thiazole rings is 1.